The largest absolute Gasteiger partial charge is 0.376 e. The van der Waals surface area contributed by atoms with Gasteiger partial charge in [0.2, 0.25) is 5.91 Å². The van der Waals surface area contributed by atoms with Crippen molar-refractivity contribution >= 4 is 22.6 Å². The van der Waals surface area contributed by atoms with Gasteiger partial charge in [-0.2, -0.15) is 0 Å². The molecule has 3 aromatic rings. The fraction of sp³-hybridized carbons (Fsp3) is 0.364. The summed E-state index contributed by atoms with van der Waals surface area (Å²) < 4.78 is 8.92. The number of benzene rings is 2. The number of nitrogens with one attached hydrogen (secondary N) is 1. The second-order valence-corrected chi connectivity index (χ2v) is 7.31. The lowest BCUT2D eigenvalue weighted by Crippen LogP contribution is -2.29. The average molecular weight is 379 g/mol. The smallest absolute Gasteiger partial charge is 0.329 e. The molecule has 146 valence electrons. The molecule has 1 aliphatic rings. The summed E-state index contributed by atoms with van der Waals surface area (Å²) in [6, 6.07) is 15.2. The highest BCUT2D eigenvalue weighted by Crippen LogP contribution is 2.29. The molecular formula is C22H25N3O3. The number of aryl methyl sites for hydroxylation is 1. The molecule has 4 rings (SSSR count). The minimum absolute atomic E-state index is 0.0191. The van der Waals surface area contributed by atoms with Crippen LogP contribution in [0.2, 0.25) is 0 Å². The Morgan fingerprint density at radius 2 is 1.86 bits per heavy atom. The molecule has 0 radical (unpaired) electrons. The van der Waals surface area contributed by atoms with Gasteiger partial charge in [0.05, 0.1) is 17.6 Å². The number of carbonyl (C=O) groups is 1. The summed E-state index contributed by atoms with van der Waals surface area (Å²) in [4.78, 5) is 25.3. The second kappa shape index (κ2) is 8.02. The SMILES string of the molecule is CCn1c(=O)n(CC(=O)Nc2cccc(COCC3CC3)c2)c2ccccc21. The summed E-state index contributed by atoms with van der Waals surface area (Å²) in [6.45, 7) is 3.82. The quantitative estimate of drug-likeness (QED) is 0.652. The van der Waals surface area contributed by atoms with Crippen molar-refractivity contribution in [3.8, 4) is 0 Å². The van der Waals surface area contributed by atoms with Crippen LogP contribution in [-0.4, -0.2) is 21.6 Å². The lowest BCUT2D eigenvalue weighted by molar-refractivity contribution is -0.116. The Labute approximate surface area is 163 Å². The van der Waals surface area contributed by atoms with E-state index in [1.54, 1.807) is 4.57 Å². The van der Waals surface area contributed by atoms with Gasteiger partial charge in [0.15, 0.2) is 0 Å². The van der Waals surface area contributed by atoms with Crippen LogP contribution in [0.3, 0.4) is 0 Å². The fourth-order valence-electron chi connectivity index (χ4n) is 3.44. The Balaban J connectivity index is 1.45. The van der Waals surface area contributed by atoms with E-state index in [1.165, 1.54) is 17.4 Å². The number of hydrogen-bond donors (Lipinski definition) is 1. The molecule has 1 aromatic heterocycles. The van der Waals surface area contributed by atoms with Crippen molar-refractivity contribution in [1.82, 2.24) is 9.13 Å². The molecule has 0 spiro atoms. The molecule has 1 fully saturated rings. The molecule has 1 heterocycles. The summed E-state index contributed by atoms with van der Waals surface area (Å²) in [5, 5.41) is 2.90. The summed E-state index contributed by atoms with van der Waals surface area (Å²) >= 11 is 0. The molecule has 6 heteroatoms. The van der Waals surface area contributed by atoms with Gasteiger partial charge in [-0.15, -0.1) is 0 Å². The number of hydrogen-bond acceptors (Lipinski definition) is 3. The number of nitrogens with zero attached hydrogens (tertiary/aromatic N) is 2. The monoisotopic (exact) mass is 379 g/mol. The molecule has 2 aromatic carbocycles. The Morgan fingerprint density at radius 3 is 2.57 bits per heavy atom. The van der Waals surface area contributed by atoms with E-state index in [4.69, 9.17) is 4.74 Å². The van der Waals surface area contributed by atoms with E-state index in [2.05, 4.69) is 5.32 Å². The van der Waals surface area contributed by atoms with Crippen molar-refractivity contribution in [2.45, 2.75) is 39.5 Å². The van der Waals surface area contributed by atoms with Crippen LogP contribution >= 0.6 is 0 Å². The van der Waals surface area contributed by atoms with Crippen LogP contribution in [-0.2, 0) is 29.2 Å². The molecule has 1 amide bonds. The first kappa shape index (κ1) is 18.5. The van der Waals surface area contributed by atoms with Crippen molar-refractivity contribution in [2.75, 3.05) is 11.9 Å². The zero-order chi connectivity index (χ0) is 19.5. The highest BCUT2D eigenvalue weighted by molar-refractivity contribution is 5.91. The van der Waals surface area contributed by atoms with E-state index in [0.717, 1.165) is 29.1 Å². The van der Waals surface area contributed by atoms with Gasteiger partial charge in [-0.05, 0) is 55.5 Å². The zero-order valence-electron chi connectivity index (χ0n) is 16.1. The summed E-state index contributed by atoms with van der Waals surface area (Å²) in [5.41, 5.74) is 3.19. The van der Waals surface area contributed by atoms with Crippen molar-refractivity contribution in [1.29, 1.82) is 0 Å². The second-order valence-electron chi connectivity index (χ2n) is 7.31. The van der Waals surface area contributed by atoms with Crippen LogP contribution in [0.4, 0.5) is 5.69 Å². The van der Waals surface area contributed by atoms with Crippen LogP contribution in [0.1, 0.15) is 25.3 Å². The van der Waals surface area contributed by atoms with Crippen LogP contribution in [0, 0.1) is 5.92 Å². The fourth-order valence-corrected chi connectivity index (χ4v) is 3.44. The van der Waals surface area contributed by atoms with Crippen LogP contribution in [0.25, 0.3) is 11.0 Å². The topological polar surface area (TPSA) is 65.3 Å². The van der Waals surface area contributed by atoms with Gasteiger partial charge < -0.3 is 10.1 Å². The number of amides is 1. The first-order valence-electron chi connectivity index (χ1n) is 9.80. The molecule has 0 bridgehead atoms. The Morgan fingerprint density at radius 1 is 1.11 bits per heavy atom. The molecule has 0 atom stereocenters. The first-order chi connectivity index (χ1) is 13.7. The number of imidazole rings is 1. The maximum absolute atomic E-state index is 12.7. The van der Waals surface area contributed by atoms with Crippen molar-refractivity contribution < 1.29 is 9.53 Å². The Kier molecular flexibility index (Phi) is 5.30. The number of ether oxygens (including phenoxy) is 1. The van der Waals surface area contributed by atoms with Crippen molar-refractivity contribution in [3.63, 3.8) is 0 Å². The molecule has 6 nitrogen and oxygen atoms in total. The molecule has 1 aliphatic carbocycles. The van der Waals surface area contributed by atoms with Crippen LogP contribution < -0.4 is 11.0 Å². The van der Waals surface area contributed by atoms with Gasteiger partial charge in [0.1, 0.15) is 6.54 Å². The van der Waals surface area contributed by atoms with E-state index >= 15 is 0 Å². The van der Waals surface area contributed by atoms with Gasteiger partial charge in [-0.3, -0.25) is 13.9 Å². The molecule has 0 aliphatic heterocycles. The van der Waals surface area contributed by atoms with Crippen LogP contribution in [0.15, 0.2) is 53.3 Å². The van der Waals surface area contributed by atoms with Gasteiger partial charge in [0, 0.05) is 18.8 Å². The van der Waals surface area contributed by atoms with Crippen molar-refractivity contribution in [2.24, 2.45) is 5.92 Å². The maximum atomic E-state index is 12.7. The number of rotatable bonds is 8. The summed E-state index contributed by atoms with van der Waals surface area (Å²) in [6.07, 6.45) is 2.54. The number of anilines is 1. The van der Waals surface area contributed by atoms with Gasteiger partial charge in [-0.1, -0.05) is 24.3 Å². The number of fused-ring (bicyclic) bond motifs is 1. The average Bonchev–Trinajstić information content (AvgIpc) is 3.47. The highest BCUT2D eigenvalue weighted by atomic mass is 16.5. The lowest BCUT2D eigenvalue weighted by atomic mass is 10.2. The highest BCUT2D eigenvalue weighted by Gasteiger charge is 2.21. The van der Waals surface area contributed by atoms with E-state index in [-0.39, 0.29) is 18.1 Å². The minimum Gasteiger partial charge on any atom is -0.376 e. The third-order valence-corrected chi connectivity index (χ3v) is 5.07. The molecule has 28 heavy (non-hydrogen) atoms. The van der Waals surface area contributed by atoms with Gasteiger partial charge >= 0.3 is 5.69 Å². The van der Waals surface area contributed by atoms with Gasteiger partial charge in [-0.25, -0.2) is 4.79 Å². The van der Waals surface area contributed by atoms with E-state index < -0.39 is 0 Å². The molecule has 1 N–H and O–H groups in total. The summed E-state index contributed by atoms with van der Waals surface area (Å²) in [7, 11) is 0. The molecule has 0 unspecified atom stereocenters. The minimum atomic E-state index is -0.225. The summed E-state index contributed by atoms with van der Waals surface area (Å²) in [5.74, 6) is 0.503. The van der Waals surface area contributed by atoms with Gasteiger partial charge in [0.25, 0.3) is 0 Å². The van der Waals surface area contributed by atoms with Crippen LogP contribution in [0.5, 0.6) is 0 Å². The molecule has 1 saturated carbocycles. The maximum Gasteiger partial charge on any atom is 0.329 e. The number of aromatic nitrogens is 2. The van der Waals surface area contributed by atoms with Crippen molar-refractivity contribution in [3.05, 3.63) is 64.6 Å². The molecular weight excluding hydrogens is 354 g/mol. The van der Waals surface area contributed by atoms with E-state index in [9.17, 15) is 9.59 Å². The zero-order valence-corrected chi connectivity index (χ0v) is 16.1. The normalized spacial score (nSPS) is 13.8. The third kappa shape index (κ3) is 4.02. The first-order valence-corrected chi connectivity index (χ1v) is 9.80. The Bertz CT molecular complexity index is 1050. The predicted octanol–water partition coefficient (Wildman–Crippen LogP) is 3.39. The number of carbonyl (C=O) groups excluding carboxylic acids is 1. The van der Waals surface area contributed by atoms with E-state index in [1.807, 2.05) is 55.5 Å². The standard InChI is InChI=1S/C22H25N3O3/c1-2-24-19-8-3-4-9-20(19)25(22(24)27)13-21(26)23-18-7-5-6-17(12-18)15-28-14-16-10-11-16/h3-9,12,16H,2,10-11,13-15H2,1H3,(H,23,26). The van der Waals surface area contributed by atoms with E-state index in [0.29, 0.717) is 18.8 Å². The molecule has 0 saturated heterocycles. The lowest BCUT2D eigenvalue weighted by Gasteiger charge is -2.09. The Hall–Kier alpha value is -2.86. The predicted molar refractivity (Wildman–Crippen MR) is 109 cm³/mol. The third-order valence-electron chi connectivity index (χ3n) is 5.07. The number of para-hydroxylation sites is 2.